The largest absolute Gasteiger partial charge is 0.495 e. The second kappa shape index (κ2) is 3.74. The third-order valence-electron chi connectivity index (χ3n) is 1.51. The highest BCUT2D eigenvalue weighted by Gasteiger charge is 2.01. The lowest BCUT2D eigenvalue weighted by Crippen LogP contribution is -2.00. The van der Waals surface area contributed by atoms with Gasteiger partial charge in [-0.3, -0.25) is 4.98 Å². The molecule has 0 aromatic carbocycles. The first-order chi connectivity index (χ1) is 5.81. The monoisotopic (exact) mass is 162 g/mol. The molecule has 0 aliphatic heterocycles. The Hall–Kier alpha value is -1.53. The van der Waals surface area contributed by atoms with Gasteiger partial charge in [0.25, 0.3) is 0 Å². The fourth-order valence-electron chi connectivity index (χ4n) is 0.866. The number of methoxy groups -OCH3 is 1. The van der Waals surface area contributed by atoms with Crippen LogP contribution >= 0.6 is 0 Å². The lowest BCUT2D eigenvalue weighted by molar-refractivity contribution is 0.412. The summed E-state index contributed by atoms with van der Waals surface area (Å²) in [5.74, 6) is 3.12. The fraction of sp³-hybridized carbons (Fsp3) is 0.222. The van der Waals surface area contributed by atoms with E-state index in [-0.39, 0.29) is 0 Å². The van der Waals surface area contributed by atoms with Crippen LogP contribution in [0.2, 0.25) is 0 Å². The number of hydrogen-bond acceptors (Lipinski definition) is 3. The molecule has 0 atom stereocenters. The van der Waals surface area contributed by atoms with Gasteiger partial charge in [-0.2, -0.15) is 0 Å². The quantitative estimate of drug-likeness (QED) is 0.645. The molecule has 62 valence electrons. The van der Waals surface area contributed by atoms with Crippen molar-refractivity contribution in [3.8, 4) is 18.1 Å². The molecule has 1 aromatic heterocycles. The number of ether oxygens (including phenoxy) is 1. The number of terminal acetylenes is 1. The molecule has 0 saturated heterocycles. The van der Waals surface area contributed by atoms with Crippen LogP contribution in [0.4, 0.5) is 0 Å². The van der Waals surface area contributed by atoms with Gasteiger partial charge in [0.15, 0.2) is 0 Å². The van der Waals surface area contributed by atoms with Gasteiger partial charge in [0, 0.05) is 18.8 Å². The molecule has 0 fully saturated rings. The molecular formula is C9H10N2O. The summed E-state index contributed by atoms with van der Waals surface area (Å²) in [5.41, 5.74) is 6.81. The molecule has 0 amide bonds. The van der Waals surface area contributed by atoms with Gasteiger partial charge in [0.05, 0.1) is 18.4 Å². The lowest BCUT2D eigenvalue weighted by Gasteiger charge is -2.03. The molecule has 1 heterocycles. The van der Waals surface area contributed by atoms with Crippen molar-refractivity contribution in [2.75, 3.05) is 7.11 Å². The van der Waals surface area contributed by atoms with E-state index < -0.39 is 0 Å². The van der Waals surface area contributed by atoms with E-state index in [1.165, 1.54) is 0 Å². The van der Waals surface area contributed by atoms with E-state index in [1.807, 2.05) is 0 Å². The number of nitrogens with two attached hydrogens (primary N) is 1. The highest BCUT2D eigenvalue weighted by molar-refractivity contribution is 5.43. The van der Waals surface area contributed by atoms with E-state index >= 15 is 0 Å². The highest BCUT2D eigenvalue weighted by atomic mass is 16.5. The van der Waals surface area contributed by atoms with E-state index in [0.29, 0.717) is 17.9 Å². The summed E-state index contributed by atoms with van der Waals surface area (Å²) in [5, 5.41) is 0. The van der Waals surface area contributed by atoms with Crippen LogP contribution in [0.5, 0.6) is 5.75 Å². The van der Waals surface area contributed by atoms with Crippen LogP contribution in [0.3, 0.4) is 0 Å². The summed E-state index contributed by atoms with van der Waals surface area (Å²) in [6, 6.07) is 1.75. The topological polar surface area (TPSA) is 48.1 Å². The number of pyridine rings is 1. The zero-order valence-corrected chi connectivity index (χ0v) is 6.87. The molecule has 12 heavy (non-hydrogen) atoms. The van der Waals surface area contributed by atoms with Crippen LogP contribution in [0.15, 0.2) is 12.3 Å². The zero-order chi connectivity index (χ0) is 8.97. The summed E-state index contributed by atoms with van der Waals surface area (Å²) in [6.07, 6.45) is 6.80. The first kappa shape index (κ1) is 8.57. The molecule has 0 saturated carbocycles. The van der Waals surface area contributed by atoms with Gasteiger partial charge in [-0.15, -0.1) is 6.42 Å². The van der Waals surface area contributed by atoms with Crippen LogP contribution in [0.1, 0.15) is 11.3 Å². The zero-order valence-electron chi connectivity index (χ0n) is 6.87. The predicted octanol–water partition coefficient (Wildman–Crippen LogP) is 0.530. The van der Waals surface area contributed by atoms with Crippen LogP contribution in [-0.2, 0) is 6.54 Å². The Labute approximate surface area is 71.6 Å². The van der Waals surface area contributed by atoms with Crippen molar-refractivity contribution in [3.63, 3.8) is 0 Å². The minimum absolute atomic E-state index is 0.390. The maximum Gasteiger partial charge on any atom is 0.137 e. The second-order valence-corrected chi connectivity index (χ2v) is 2.22. The molecule has 0 bridgehead atoms. The molecule has 1 aromatic rings. The average molecular weight is 162 g/mol. The number of nitrogens with zero attached hydrogens (tertiary/aromatic N) is 1. The molecule has 1 rings (SSSR count). The Balaban J connectivity index is 3.13. The molecule has 3 nitrogen and oxygen atoms in total. The predicted molar refractivity (Wildman–Crippen MR) is 46.6 cm³/mol. The first-order valence-electron chi connectivity index (χ1n) is 3.51. The summed E-state index contributed by atoms with van der Waals surface area (Å²) >= 11 is 0. The molecule has 0 aliphatic carbocycles. The average Bonchev–Trinajstić information content (AvgIpc) is 2.16. The molecule has 3 heteroatoms. The lowest BCUT2D eigenvalue weighted by atomic mass is 10.2. The molecule has 0 radical (unpaired) electrons. The van der Waals surface area contributed by atoms with Crippen LogP contribution in [0, 0.1) is 12.3 Å². The van der Waals surface area contributed by atoms with Crippen LogP contribution in [0.25, 0.3) is 0 Å². The van der Waals surface area contributed by atoms with E-state index in [1.54, 1.807) is 19.4 Å². The summed E-state index contributed by atoms with van der Waals surface area (Å²) < 4.78 is 5.04. The molecule has 0 aliphatic rings. The maximum atomic E-state index is 5.40. The van der Waals surface area contributed by atoms with Gasteiger partial charge in [0.2, 0.25) is 0 Å². The van der Waals surface area contributed by atoms with Gasteiger partial charge < -0.3 is 10.5 Å². The summed E-state index contributed by atoms with van der Waals surface area (Å²) in [4.78, 5) is 4.03. The first-order valence-corrected chi connectivity index (χ1v) is 3.51. The highest BCUT2D eigenvalue weighted by Crippen LogP contribution is 2.16. The van der Waals surface area contributed by atoms with Crippen LogP contribution in [-0.4, -0.2) is 12.1 Å². The third-order valence-corrected chi connectivity index (χ3v) is 1.51. The van der Waals surface area contributed by atoms with Gasteiger partial charge in [-0.25, -0.2) is 0 Å². The van der Waals surface area contributed by atoms with Gasteiger partial charge in [-0.05, 0) is 0 Å². The molecule has 2 N–H and O–H groups in total. The minimum Gasteiger partial charge on any atom is -0.495 e. The number of hydrogen-bond donors (Lipinski definition) is 1. The summed E-state index contributed by atoms with van der Waals surface area (Å²) in [7, 11) is 1.57. The van der Waals surface area contributed by atoms with E-state index in [2.05, 4.69) is 10.9 Å². The number of aromatic nitrogens is 1. The van der Waals surface area contributed by atoms with Crippen molar-refractivity contribution in [2.45, 2.75) is 6.54 Å². The van der Waals surface area contributed by atoms with Crippen molar-refractivity contribution in [3.05, 3.63) is 23.5 Å². The van der Waals surface area contributed by atoms with E-state index in [9.17, 15) is 0 Å². The van der Waals surface area contributed by atoms with Crippen LogP contribution < -0.4 is 10.5 Å². The van der Waals surface area contributed by atoms with E-state index in [4.69, 9.17) is 16.9 Å². The normalized spacial score (nSPS) is 9.08. The Bertz CT molecular complexity index is 315. The van der Waals surface area contributed by atoms with Gasteiger partial charge >= 0.3 is 0 Å². The second-order valence-electron chi connectivity index (χ2n) is 2.22. The minimum atomic E-state index is 0.390. The van der Waals surface area contributed by atoms with Gasteiger partial charge in [0.1, 0.15) is 5.75 Å². The molecule has 0 spiro atoms. The Morgan fingerprint density at radius 3 is 3.00 bits per heavy atom. The maximum absolute atomic E-state index is 5.40. The van der Waals surface area contributed by atoms with Gasteiger partial charge in [-0.1, -0.05) is 5.92 Å². The smallest absolute Gasteiger partial charge is 0.137 e. The van der Waals surface area contributed by atoms with Crippen molar-refractivity contribution < 1.29 is 4.74 Å². The van der Waals surface area contributed by atoms with E-state index in [0.717, 1.165) is 5.69 Å². The summed E-state index contributed by atoms with van der Waals surface area (Å²) in [6.45, 7) is 0.390. The molecular weight excluding hydrogens is 152 g/mol. The SMILES string of the molecule is C#Cc1cnc(CN)cc1OC. The Morgan fingerprint density at radius 1 is 1.75 bits per heavy atom. The fourth-order valence-corrected chi connectivity index (χ4v) is 0.866. The van der Waals surface area contributed by atoms with Crippen molar-refractivity contribution >= 4 is 0 Å². The van der Waals surface area contributed by atoms with Crippen molar-refractivity contribution in [1.82, 2.24) is 4.98 Å². The Morgan fingerprint density at radius 2 is 2.50 bits per heavy atom. The third kappa shape index (κ3) is 1.55. The standard InChI is InChI=1S/C9H10N2O/c1-3-7-6-11-8(5-10)4-9(7)12-2/h1,4,6H,5,10H2,2H3. The van der Waals surface area contributed by atoms with Crippen molar-refractivity contribution in [2.24, 2.45) is 5.73 Å². The Kier molecular flexibility index (Phi) is 2.67. The number of rotatable bonds is 2. The van der Waals surface area contributed by atoms with Crippen molar-refractivity contribution in [1.29, 1.82) is 0 Å². The molecule has 0 unspecified atom stereocenters.